The first-order valence-electron chi connectivity index (χ1n) is 6.35. The Kier molecular flexibility index (Phi) is 2.58. The maximum absolute atomic E-state index is 4.62. The highest BCUT2D eigenvalue weighted by atomic mass is 32.1. The molecule has 4 aromatic rings. The molecular formula is C13H11N7S. The van der Waals surface area contributed by atoms with Crippen LogP contribution in [0.2, 0.25) is 0 Å². The third kappa shape index (κ3) is 1.91. The molecule has 0 aliphatic heterocycles. The fourth-order valence-corrected chi connectivity index (χ4v) is 3.11. The van der Waals surface area contributed by atoms with Crippen LogP contribution in [0.15, 0.2) is 30.7 Å². The summed E-state index contributed by atoms with van der Waals surface area (Å²) >= 11 is 1.50. The van der Waals surface area contributed by atoms with Crippen molar-refractivity contribution in [2.24, 2.45) is 7.05 Å². The van der Waals surface area contributed by atoms with Gasteiger partial charge in [0.15, 0.2) is 10.8 Å². The van der Waals surface area contributed by atoms with E-state index in [2.05, 4.69) is 25.4 Å². The molecule has 0 amide bonds. The highest BCUT2D eigenvalue weighted by Gasteiger charge is 2.16. The minimum atomic E-state index is 0.696. The zero-order valence-corrected chi connectivity index (χ0v) is 12.2. The van der Waals surface area contributed by atoms with Gasteiger partial charge < -0.3 is 0 Å². The molecule has 0 saturated heterocycles. The Bertz CT molecular complexity index is 919. The van der Waals surface area contributed by atoms with Crippen molar-refractivity contribution in [1.82, 2.24) is 34.6 Å². The van der Waals surface area contributed by atoms with E-state index in [1.54, 1.807) is 21.6 Å². The van der Waals surface area contributed by atoms with Gasteiger partial charge in [-0.05, 0) is 19.1 Å². The molecule has 0 bridgehead atoms. The van der Waals surface area contributed by atoms with Crippen LogP contribution in [0.3, 0.4) is 0 Å². The van der Waals surface area contributed by atoms with E-state index in [9.17, 15) is 0 Å². The van der Waals surface area contributed by atoms with Gasteiger partial charge in [0, 0.05) is 31.2 Å². The standard InChI is InChI=1S/C13H11N7S/c1-8-10(7-19(2)17-8)12-18-20-11(15-16-13(20)21-12)9-4-3-5-14-6-9/h3-7H,1-2H3. The largest absolute Gasteiger partial charge is 0.275 e. The van der Waals surface area contributed by atoms with Gasteiger partial charge >= 0.3 is 0 Å². The third-order valence-electron chi connectivity index (χ3n) is 3.15. The van der Waals surface area contributed by atoms with Crippen LogP contribution in [-0.2, 0) is 7.05 Å². The molecule has 0 aliphatic rings. The Morgan fingerprint density at radius 2 is 2.10 bits per heavy atom. The summed E-state index contributed by atoms with van der Waals surface area (Å²) < 4.78 is 3.54. The summed E-state index contributed by atoms with van der Waals surface area (Å²) in [6.07, 6.45) is 5.45. The molecule has 0 aliphatic carbocycles. The first kappa shape index (κ1) is 12.2. The lowest BCUT2D eigenvalue weighted by Gasteiger charge is -1.94. The summed E-state index contributed by atoms with van der Waals surface area (Å²) in [5.41, 5.74) is 2.86. The number of hydrogen-bond donors (Lipinski definition) is 0. The predicted molar refractivity (Wildman–Crippen MR) is 78.8 cm³/mol. The van der Waals surface area contributed by atoms with Gasteiger partial charge in [0.1, 0.15) is 0 Å². The number of nitrogens with zero attached hydrogens (tertiary/aromatic N) is 7. The number of rotatable bonds is 2. The Hall–Kier alpha value is -2.61. The van der Waals surface area contributed by atoms with Gasteiger partial charge in [-0.3, -0.25) is 9.67 Å². The normalized spacial score (nSPS) is 11.3. The van der Waals surface area contributed by atoms with E-state index < -0.39 is 0 Å². The highest BCUT2D eigenvalue weighted by Crippen LogP contribution is 2.29. The molecule has 4 heterocycles. The van der Waals surface area contributed by atoms with Gasteiger partial charge in [0.05, 0.1) is 11.3 Å². The van der Waals surface area contributed by atoms with E-state index in [0.717, 1.165) is 26.8 Å². The maximum atomic E-state index is 4.62. The van der Waals surface area contributed by atoms with E-state index in [0.29, 0.717) is 5.82 Å². The molecule has 4 rings (SSSR count). The van der Waals surface area contributed by atoms with E-state index in [4.69, 9.17) is 0 Å². The molecule has 0 aromatic carbocycles. The van der Waals surface area contributed by atoms with Crippen LogP contribution in [0.25, 0.3) is 26.9 Å². The molecule has 7 nitrogen and oxygen atoms in total. The van der Waals surface area contributed by atoms with Crippen molar-refractivity contribution in [3.05, 3.63) is 36.4 Å². The van der Waals surface area contributed by atoms with E-state index in [1.165, 1.54) is 11.3 Å². The van der Waals surface area contributed by atoms with Gasteiger partial charge in [-0.15, -0.1) is 10.2 Å². The van der Waals surface area contributed by atoms with Gasteiger partial charge in [-0.25, -0.2) is 0 Å². The smallest absolute Gasteiger partial charge is 0.235 e. The number of aromatic nitrogens is 7. The summed E-state index contributed by atoms with van der Waals surface area (Å²) in [6.45, 7) is 1.97. The first-order chi connectivity index (χ1) is 10.2. The third-order valence-corrected chi connectivity index (χ3v) is 4.09. The Balaban J connectivity index is 1.88. The highest BCUT2D eigenvalue weighted by molar-refractivity contribution is 7.19. The van der Waals surface area contributed by atoms with Crippen molar-refractivity contribution >= 4 is 16.3 Å². The van der Waals surface area contributed by atoms with Gasteiger partial charge in [0.2, 0.25) is 4.96 Å². The molecule has 0 unspecified atom stereocenters. The van der Waals surface area contributed by atoms with Crippen molar-refractivity contribution in [3.8, 4) is 22.0 Å². The molecule has 0 atom stereocenters. The minimum absolute atomic E-state index is 0.696. The molecule has 4 aromatic heterocycles. The monoisotopic (exact) mass is 297 g/mol. The van der Waals surface area contributed by atoms with Crippen LogP contribution in [0.5, 0.6) is 0 Å². The zero-order valence-electron chi connectivity index (χ0n) is 11.4. The lowest BCUT2D eigenvalue weighted by molar-refractivity contribution is 0.756. The second kappa shape index (κ2) is 4.45. The van der Waals surface area contributed by atoms with Crippen LogP contribution in [-0.4, -0.2) is 34.6 Å². The Morgan fingerprint density at radius 1 is 1.19 bits per heavy atom. The summed E-state index contributed by atoms with van der Waals surface area (Å²) in [5, 5.41) is 18.2. The fourth-order valence-electron chi connectivity index (χ4n) is 2.21. The molecule has 104 valence electrons. The molecule has 21 heavy (non-hydrogen) atoms. The lowest BCUT2D eigenvalue weighted by atomic mass is 10.3. The van der Waals surface area contributed by atoms with E-state index in [1.807, 2.05) is 32.3 Å². The average Bonchev–Trinajstić information content (AvgIpc) is 3.13. The molecule has 0 N–H and O–H groups in total. The summed E-state index contributed by atoms with van der Waals surface area (Å²) in [6, 6.07) is 3.81. The second-order valence-corrected chi connectivity index (χ2v) is 5.62. The quantitative estimate of drug-likeness (QED) is 0.565. The predicted octanol–water partition coefficient (Wildman–Crippen LogP) is 1.96. The van der Waals surface area contributed by atoms with Crippen LogP contribution in [0.4, 0.5) is 0 Å². The molecular weight excluding hydrogens is 286 g/mol. The number of fused-ring (bicyclic) bond motifs is 1. The molecule has 0 saturated carbocycles. The van der Waals surface area contributed by atoms with Crippen molar-refractivity contribution in [3.63, 3.8) is 0 Å². The van der Waals surface area contributed by atoms with Gasteiger partial charge in [-0.2, -0.15) is 14.7 Å². The van der Waals surface area contributed by atoms with Gasteiger partial charge in [0.25, 0.3) is 0 Å². The maximum Gasteiger partial charge on any atom is 0.235 e. The topological polar surface area (TPSA) is 73.8 Å². The molecule has 0 spiro atoms. The van der Waals surface area contributed by atoms with Gasteiger partial charge in [-0.1, -0.05) is 11.3 Å². The second-order valence-electron chi connectivity index (χ2n) is 4.67. The van der Waals surface area contributed by atoms with Crippen LogP contribution in [0, 0.1) is 6.92 Å². The van der Waals surface area contributed by atoms with Crippen LogP contribution >= 0.6 is 11.3 Å². The Labute approximate surface area is 123 Å². The summed E-state index contributed by atoms with van der Waals surface area (Å²) in [5.74, 6) is 0.696. The Morgan fingerprint density at radius 3 is 2.81 bits per heavy atom. The van der Waals surface area contributed by atoms with Crippen molar-refractivity contribution in [2.75, 3.05) is 0 Å². The van der Waals surface area contributed by atoms with Crippen LogP contribution in [0.1, 0.15) is 5.69 Å². The average molecular weight is 297 g/mol. The number of pyridine rings is 1. The minimum Gasteiger partial charge on any atom is -0.275 e. The SMILES string of the molecule is Cc1nn(C)cc1-c1nn2c(-c3cccnc3)nnc2s1. The van der Waals surface area contributed by atoms with E-state index in [-0.39, 0.29) is 0 Å². The number of aryl methyl sites for hydroxylation is 2. The van der Waals surface area contributed by atoms with Crippen molar-refractivity contribution < 1.29 is 0 Å². The molecule has 0 fully saturated rings. The first-order valence-corrected chi connectivity index (χ1v) is 7.17. The molecule has 0 radical (unpaired) electrons. The van der Waals surface area contributed by atoms with Crippen molar-refractivity contribution in [1.29, 1.82) is 0 Å². The number of hydrogen-bond acceptors (Lipinski definition) is 6. The van der Waals surface area contributed by atoms with Crippen molar-refractivity contribution in [2.45, 2.75) is 6.92 Å². The fraction of sp³-hybridized carbons (Fsp3) is 0.154. The zero-order chi connectivity index (χ0) is 14.4. The van der Waals surface area contributed by atoms with E-state index >= 15 is 0 Å². The van der Waals surface area contributed by atoms with Crippen LogP contribution < -0.4 is 0 Å². The lowest BCUT2D eigenvalue weighted by Crippen LogP contribution is -1.91. The molecule has 8 heteroatoms. The summed E-state index contributed by atoms with van der Waals surface area (Å²) in [4.78, 5) is 4.87. The summed E-state index contributed by atoms with van der Waals surface area (Å²) in [7, 11) is 1.90.